The third-order valence-electron chi connectivity index (χ3n) is 11.0. The first kappa shape index (κ1) is 32.8. The number of ketones is 1. The Bertz CT molecular complexity index is 1040. The summed E-state index contributed by atoms with van der Waals surface area (Å²) in [4.78, 5) is 26.7. The van der Waals surface area contributed by atoms with Crippen LogP contribution in [0.4, 0.5) is 0 Å². The Kier molecular flexibility index (Phi) is 10.8. The molecule has 0 aromatic carbocycles. The van der Waals surface area contributed by atoms with Crippen molar-refractivity contribution in [1.29, 1.82) is 0 Å². The molecule has 0 bridgehead atoms. The van der Waals surface area contributed by atoms with Gasteiger partial charge in [0.1, 0.15) is 24.4 Å². The molecule has 242 valence electrons. The van der Waals surface area contributed by atoms with Gasteiger partial charge in [-0.2, -0.15) is 0 Å². The molecule has 5 aliphatic rings. The summed E-state index contributed by atoms with van der Waals surface area (Å²) in [6, 6.07) is 0. The van der Waals surface area contributed by atoms with Crippen molar-refractivity contribution in [3.8, 4) is 0 Å². The van der Waals surface area contributed by atoms with Gasteiger partial charge in [-0.25, -0.2) is 0 Å². The molecule has 2 saturated heterocycles. The monoisotopic (exact) mass is 604 g/mol. The highest BCUT2D eigenvalue weighted by atomic mass is 16.7. The lowest BCUT2D eigenvalue weighted by atomic mass is 9.70. The van der Waals surface area contributed by atoms with E-state index in [1.807, 2.05) is 20.8 Å². The highest BCUT2D eigenvalue weighted by molar-refractivity contribution is 5.98. The van der Waals surface area contributed by atoms with Crippen LogP contribution in [-0.2, 0) is 38.0 Å². The largest absolute Gasteiger partial charge is 0.462 e. The van der Waals surface area contributed by atoms with Gasteiger partial charge in [0.15, 0.2) is 12.1 Å². The van der Waals surface area contributed by atoms with E-state index in [1.165, 1.54) is 0 Å². The molecule has 0 aromatic heterocycles. The zero-order valence-electron chi connectivity index (χ0n) is 26.7. The maximum atomic E-state index is 13.9. The Morgan fingerprint density at radius 3 is 2.37 bits per heavy atom. The van der Waals surface area contributed by atoms with Gasteiger partial charge in [-0.1, -0.05) is 32.1 Å². The molecule has 0 spiro atoms. The molecule has 1 saturated carbocycles. The van der Waals surface area contributed by atoms with E-state index in [4.69, 9.17) is 28.4 Å². The average Bonchev–Trinajstić information content (AvgIpc) is 3.58. The van der Waals surface area contributed by atoms with Crippen molar-refractivity contribution in [2.24, 2.45) is 35.5 Å². The van der Waals surface area contributed by atoms with Crippen LogP contribution < -0.4 is 0 Å². The number of methoxy groups -OCH3 is 3. The first-order valence-electron chi connectivity index (χ1n) is 16.4. The molecule has 1 N–H and O–H groups in total. The fourth-order valence-corrected chi connectivity index (χ4v) is 8.52. The van der Waals surface area contributed by atoms with E-state index in [2.05, 4.69) is 18.2 Å². The molecule has 43 heavy (non-hydrogen) atoms. The van der Waals surface area contributed by atoms with Crippen LogP contribution in [0.15, 0.2) is 23.8 Å². The maximum Gasteiger partial charge on any atom is 0.306 e. The standard InChI is InChI=1S/C34H52O9/c1-7-21-9-8-10-28(35)18(2)30(37)27-17-26-23(24(27)13-14-29(36)42-21)12-11-20-15-22(16-25(20)26)43-34-33(40-6)32(39-5)31(38-4)19(3)41-34/h11-12,17-26,28,31-35H,7-10,13-16H2,1-6H3/t18-,19-,20-,21+,22-,23+,24-,25-,26-,28+,31+,32+,33+,34+/m1/s1. The van der Waals surface area contributed by atoms with E-state index in [1.54, 1.807) is 21.3 Å². The number of allylic oxidation sites excluding steroid dienone is 4. The second kappa shape index (κ2) is 14.2. The number of ether oxygens (including phenoxy) is 6. The molecule has 2 aliphatic heterocycles. The molecule has 3 fully saturated rings. The molecule has 0 aromatic rings. The van der Waals surface area contributed by atoms with Crippen molar-refractivity contribution >= 4 is 11.8 Å². The molecular formula is C34H52O9. The summed E-state index contributed by atoms with van der Waals surface area (Å²) in [6.07, 6.45) is 9.34. The van der Waals surface area contributed by atoms with Crippen LogP contribution in [0.1, 0.15) is 72.1 Å². The Morgan fingerprint density at radius 2 is 1.67 bits per heavy atom. The number of rotatable bonds is 6. The number of fused-ring (bicyclic) bond motifs is 5. The number of aliphatic hydroxyl groups excluding tert-OH is 1. The van der Waals surface area contributed by atoms with E-state index in [9.17, 15) is 14.7 Å². The molecule has 9 heteroatoms. The van der Waals surface area contributed by atoms with Gasteiger partial charge in [0.25, 0.3) is 0 Å². The van der Waals surface area contributed by atoms with E-state index in [0.717, 1.165) is 31.3 Å². The number of carbonyl (C=O) groups is 2. The molecule has 0 unspecified atom stereocenters. The van der Waals surface area contributed by atoms with Crippen LogP contribution in [0.5, 0.6) is 0 Å². The highest BCUT2D eigenvalue weighted by Gasteiger charge is 2.52. The molecule has 2 heterocycles. The van der Waals surface area contributed by atoms with E-state index < -0.39 is 24.4 Å². The topological polar surface area (TPSA) is 110 Å². The van der Waals surface area contributed by atoms with Crippen LogP contribution in [0.25, 0.3) is 0 Å². The third-order valence-corrected chi connectivity index (χ3v) is 11.0. The lowest BCUT2D eigenvalue weighted by molar-refractivity contribution is -0.314. The van der Waals surface area contributed by atoms with Crippen LogP contribution in [0.2, 0.25) is 0 Å². The van der Waals surface area contributed by atoms with Crippen molar-refractivity contribution in [3.63, 3.8) is 0 Å². The Hall–Kier alpha value is -1.62. The Balaban J connectivity index is 1.33. The summed E-state index contributed by atoms with van der Waals surface area (Å²) < 4.78 is 35.9. The van der Waals surface area contributed by atoms with Gasteiger partial charge >= 0.3 is 5.97 Å². The minimum atomic E-state index is -0.710. The summed E-state index contributed by atoms with van der Waals surface area (Å²) in [5, 5.41) is 10.9. The lowest BCUT2D eigenvalue weighted by Gasteiger charge is -2.44. The number of carbonyl (C=O) groups excluding carboxylic acids is 2. The minimum Gasteiger partial charge on any atom is -0.462 e. The molecule has 14 atom stereocenters. The van der Waals surface area contributed by atoms with Crippen molar-refractivity contribution in [2.75, 3.05) is 21.3 Å². The molecule has 0 amide bonds. The number of hydrogen-bond donors (Lipinski definition) is 1. The van der Waals surface area contributed by atoms with Crippen molar-refractivity contribution in [1.82, 2.24) is 0 Å². The van der Waals surface area contributed by atoms with E-state index in [0.29, 0.717) is 37.5 Å². The number of hydrogen-bond acceptors (Lipinski definition) is 9. The van der Waals surface area contributed by atoms with E-state index >= 15 is 0 Å². The quantitative estimate of drug-likeness (QED) is 0.349. The minimum absolute atomic E-state index is 0.0214. The normalized spacial score (nSPS) is 45.6. The van der Waals surface area contributed by atoms with Crippen LogP contribution >= 0.6 is 0 Å². The van der Waals surface area contributed by atoms with Gasteiger partial charge in [-0.15, -0.1) is 0 Å². The summed E-state index contributed by atoms with van der Waals surface area (Å²) in [5.74, 6) is 0.246. The number of cyclic esters (lactones) is 1. The molecule has 5 rings (SSSR count). The Labute approximate surface area is 256 Å². The van der Waals surface area contributed by atoms with Gasteiger partial charge in [0.05, 0.1) is 18.3 Å². The molecular weight excluding hydrogens is 552 g/mol. The van der Waals surface area contributed by atoms with Crippen molar-refractivity contribution in [3.05, 3.63) is 23.8 Å². The summed E-state index contributed by atoms with van der Waals surface area (Å²) in [7, 11) is 4.95. The first-order chi connectivity index (χ1) is 20.7. The zero-order chi connectivity index (χ0) is 30.8. The predicted molar refractivity (Wildman–Crippen MR) is 159 cm³/mol. The second-order valence-corrected chi connectivity index (χ2v) is 13.3. The molecule has 3 aliphatic carbocycles. The van der Waals surface area contributed by atoms with Gasteiger partial charge in [0, 0.05) is 33.7 Å². The fraction of sp³-hybridized carbons (Fsp3) is 0.824. The number of aliphatic hydroxyl groups is 1. The van der Waals surface area contributed by atoms with Crippen LogP contribution in [-0.4, -0.2) is 87.2 Å². The van der Waals surface area contributed by atoms with Crippen LogP contribution in [0, 0.1) is 35.5 Å². The number of Topliss-reactive ketones (excluding diaryl/α,β-unsaturated/α-hetero) is 1. The maximum absolute atomic E-state index is 13.9. The van der Waals surface area contributed by atoms with E-state index in [-0.39, 0.29) is 60.0 Å². The second-order valence-electron chi connectivity index (χ2n) is 13.3. The van der Waals surface area contributed by atoms with Crippen molar-refractivity contribution < 1.29 is 43.1 Å². The highest BCUT2D eigenvalue weighted by Crippen LogP contribution is 2.54. The van der Waals surface area contributed by atoms with Crippen molar-refractivity contribution in [2.45, 2.75) is 121 Å². The number of esters is 1. The Morgan fingerprint density at radius 1 is 0.930 bits per heavy atom. The summed E-state index contributed by atoms with van der Waals surface area (Å²) in [5.41, 5.74) is 0.785. The summed E-state index contributed by atoms with van der Waals surface area (Å²) >= 11 is 0. The molecule has 9 nitrogen and oxygen atoms in total. The predicted octanol–water partition coefficient (Wildman–Crippen LogP) is 4.40. The van der Waals surface area contributed by atoms with Gasteiger partial charge in [0.2, 0.25) is 0 Å². The first-order valence-corrected chi connectivity index (χ1v) is 16.4. The average molecular weight is 605 g/mol. The zero-order valence-corrected chi connectivity index (χ0v) is 26.7. The third kappa shape index (κ3) is 6.68. The summed E-state index contributed by atoms with van der Waals surface area (Å²) in [6.45, 7) is 5.83. The SMILES string of the molecule is CC[C@H]1CCC[C@H](O)[C@@H](C)C(=O)C2=C[C@@H]3[C@@H](C=C[C@@H]4C[C@@H](O[C@@H]5O[C@H](C)[C@H](OC)[C@H](OC)[C@@H]5OC)C[C@@H]34)[C@H]2CCC(=O)O1. The lowest BCUT2D eigenvalue weighted by Crippen LogP contribution is -2.59. The molecule has 0 radical (unpaired) electrons. The van der Waals surface area contributed by atoms with Gasteiger partial charge in [-0.05, 0) is 87.0 Å². The smallest absolute Gasteiger partial charge is 0.306 e. The van der Waals surface area contributed by atoms with Gasteiger partial charge in [-0.3, -0.25) is 9.59 Å². The van der Waals surface area contributed by atoms with Gasteiger partial charge < -0.3 is 33.5 Å². The van der Waals surface area contributed by atoms with Crippen LogP contribution in [0.3, 0.4) is 0 Å². The fourth-order valence-electron chi connectivity index (χ4n) is 8.52.